The molecule has 2 heteroatoms. The summed E-state index contributed by atoms with van der Waals surface area (Å²) in [5.74, 6) is 0. The molecule has 1 aliphatic heterocycles. The summed E-state index contributed by atoms with van der Waals surface area (Å²) in [6, 6.07) is 0. The van der Waals surface area contributed by atoms with Crippen LogP contribution >= 0.6 is 0 Å². The van der Waals surface area contributed by atoms with E-state index in [9.17, 15) is 0 Å². The van der Waals surface area contributed by atoms with Gasteiger partial charge in [0.15, 0.2) is 0 Å². The van der Waals surface area contributed by atoms with Gasteiger partial charge in [-0.05, 0) is 26.4 Å². The van der Waals surface area contributed by atoms with Crippen molar-refractivity contribution in [3.8, 4) is 0 Å². The van der Waals surface area contributed by atoms with Crippen LogP contribution in [0.2, 0.25) is 0 Å². The molecule has 54 valence electrons. The normalized spacial score (nSPS) is 30.7. The molecular formula is C7H16N2. The number of hydrogen-bond donors (Lipinski definition) is 1. The lowest BCUT2D eigenvalue weighted by atomic mass is 10.3. The van der Waals surface area contributed by atoms with Gasteiger partial charge in [-0.3, -0.25) is 4.90 Å². The molecule has 1 aliphatic rings. The van der Waals surface area contributed by atoms with Gasteiger partial charge >= 0.3 is 0 Å². The van der Waals surface area contributed by atoms with Crippen molar-refractivity contribution in [2.75, 3.05) is 19.6 Å². The van der Waals surface area contributed by atoms with E-state index in [0.29, 0.717) is 6.17 Å². The Kier molecular flexibility index (Phi) is 2.49. The Hall–Kier alpha value is -0.0800. The van der Waals surface area contributed by atoms with Gasteiger partial charge in [0.25, 0.3) is 0 Å². The number of hydrogen-bond acceptors (Lipinski definition) is 2. The standard InChI is InChI=1S/C7H16N2/c1-3-9-6-4-5-8-7(9)2/h7-8H,3-6H2,1-2H3. The minimum absolute atomic E-state index is 0.601. The molecular weight excluding hydrogens is 112 g/mol. The molecule has 0 aromatic rings. The van der Waals surface area contributed by atoms with E-state index in [4.69, 9.17) is 0 Å². The minimum atomic E-state index is 0.601. The van der Waals surface area contributed by atoms with Gasteiger partial charge in [0.1, 0.15) is 0 Å². The molecule has 0 aromatic carbocycles. The zero-order valence-electron chi connectivity index (χ0n) is 6.35. The van der Waals surface area contributed by atoms with Crippen LogP contribution in [0.5, 0.6) is 0 Å². The molecule has 1 atom stereocenters. The van der Waals surface area contributed by atoms with Crippen LogP contribution in [0.3, 0.4) is 0 Å². The predicted octanol–water partition coefficient (Wildman–Crippen LogP) is 0.648. The van der Waals surface area contributed by atoms with Crippen molar-refractivity contribution in [3.63, 3.8) is 0 Å². The highest BCUT2D eigenvalue weighted by molar-refractivity contribution is 4.69. The molecule has 0 bridgehead atoms. The molecule has 0 radical (unpaired) electrons. The summed E-state index contributed by atoms with van der Waals surface area (Å²) in [5.41, 5.74) is 0. The van der Waals surface area contributed by atoms with Crippen LogP contribution in [0.15, 0.2) is 0 Å². The molecule has 0 spiro atoms. The first-order valence-corrected chi connectivity index (χ1v) is 3.82. The lowest BCUT2D eigenvalue weighted by Crippen LogP contribution is -2.49. The van der Waals surface area contributed by atoms with Crippen LogP contribution in [0.1, 0.15) is 20.3 Å². The zero-order valence-corrected chi connectivity index (χ0v) is 6.35. The van der Waals surface area contributed by atoms with Crippen LogP contribution in [-0.2, 0) is 0 Å². The second-order valence-electron chi connectivity index (χ2n) is 2.61. The fourth-order valence-electron chi connectivity index (χ4n) is 1.35. The van der Waals surface area contributed by atoms with Crippen LogP contribution in [0.25, 0.3) is 0 Å². The molecule has 1 N–H and O–H groups in total. The third kappa shape index (κ3) is 1.66. The maximum absolute atomic E-state index is 3.41. The average Bonchev–Trinajstić information content (AvgIpc) is 1.89. The summed E-state index contributed by atoms with van der Waals surface area (Å²) in [5, 5.41) is 3.41. The maximum atomic E-state index is 3.41. The first kappa shape index (κ1) is 7.03. The Labute approximate surface area is 57.2 Å². The van der Waals surface area contributed by atoms with Crippen LogP contribution in [0, 0.1) is 0 Å². The molecule has 1 heterocycles. The Bertz CT molecular complexity index is 83.0. The second kappa shape index (κ2) is 3.18. The highest BCUT2D eigenvalue weighted by Crippen LogP contribution is 2.01. The fraction of sp³-hybridized carbons (Fsp3) is 1.00. The van der Waals surface area contributed by atoms with Gasteiger partial charge in [-0.25, -0.2) is 0 Å². The molecule has 0 saturated carbocycles. The molecule has 0 aromatic heterocycles. The highest BCUT2D eigenvalue weighted by Gasteiger charge is 2.14. The van der Waals surface area contributed by atoms with E-state index in [1.807, 2.05) is 0 Å². The van der Waals surface area contributed by atoms with Crippen molar-refractivity contribution in [2.45, 2.75) is 26.4 Å². The summed E-state index contributed by atoms with van der Waals surface area (Å²) in [7, 11) is 0. The molecule has 1 rings (SSSR count). The quantitative estimate of drug-likeness (QED) is 0.557. The van der Waals surface area contributed by atoms with E-state index < -0.39 is 0 Å². The fourth-order valence-corrected chi connectivity index (χ4v) is 1.35. The van der Waals surface area contributed by atoms with Crippen LogP contribution in [-0.4, -0.2) is 30.7 Å². The first-order chi connectivity index (χ1) is 4.34. The van der Waals surface area contributed by atoms with Crippen molar-refractivity contribution in [1.82, 2.24) is 10.2 Å². The van der Waals surface area contributed by atoms with E-state index in [1.54, 1.807) is 0 Å². The third-order valence-electron chi connectivity index (χ3n) is 2.02. The third-order valence-corrected chi connectivity index (χ3v) is 2.02. The Morgan fingerprint density at radius 1 is 1.67 bits per heavy atom. The van der Waals surface area contributed by atoms with Gasteiger partial charge in [-0.1, -0.05) is 6.92 Å². The largest absolute Gasteiger partial charge is 0.302 e. The first-order valence-electron chi connectivity index (χ1n) is 3.82. The van der Waals surface area contributed by atoms with E-state index in [1.165, 1.54) is 26.1 Å². The van der Waals surface area contributed by atoms with Crippen molar-refractivity contribution in [1.29, 1.82) is 0 Å². The molecule has 2 nitrogen and oxygen atoms in total. The molecule has 0 amide bonds. The van der Waals surface area contributed by atoms with Gasteiger partial charge in [-0.2, -0.15) is 0 Å². The predicted molar refractivity (Wildman–Crippen MR) is 39.3 cm³/mol. The summed E-state index contributed by atoms with van der Waals surface area (Å²) in [6.45, 7) is 8.07. The van der Waals surface area contributed by atoms with Crippen molar-refractivity contribution in [2.24, 2.45) is 0 Å². The topological polar surface area (TPSA) is 15.3 Å². The summed E-state index contributed by atoms with van der Waals surface area (Å²) >= 11 is 0. The van der Waals surface area contributed by atoms with Crippen molar-refractivity contribution in [3.05, 3.63) is 0 Å². The number of nitrogens with zero attached hydrogens (tertiary/aromatic N) is 1. The smallest absolute Gasteiger partial charge is 0.0567 e. The highest BCUT2D eigenvalue weighted by atomic mass is 15.3. The monoisotopic (exact) mass is 128 g/mol. The van der Waals surface area contributed by atoms with E-state index in [2.05, 4.69) is 24.1 Å². The number of rotatable bonds is 1. The average molecular weight is 128 g/mol. The van der Waals surface area contributed by atoms with E-state index >= 15 is 0 Å². The number of nitrogens with one attached hydrogen (secondary N) is 1. The SMILES string of the molecule is CCN1CCCNC1C. The lowest BCUT2D eigenvalue weighted by Gasteiger charge is -2.32. The summed E-state index contributed by atoms with van der Waals surface area (Å²) in [4.78, 5) is 2.45. The molecule has 0 aliphatic carbocycles. The van der Waals surface area contributed by atoms with Gasteiger partial charge in [0, 0.05) is 6.54 Å². The lowest BCUT2D eigenvalue weighted by molar-refractivity contribution is 0.152. The van der Waals surface area contributed by atoms with Gasteiger partial charge in [0.05, 0.1) is 6.17 Å². The van der Waals surface area contributed by atoms with Crippen molar-refractivity contribution < 1.29 is 0 Å². The van der Waals surface area contributed by atoms with Crippen LogP contribution < -0.4 is 5.32 Å². The summed E-state index contributed by atoms with van der Waals surface area (Å²) in [6.07, 6.45) is 1.90. The van der Waals surface area contributed by atoms with Gasteiger partial charge in [-0.15, -0.1) is 0 Å². The van der Waals surface area contributed by atoms with E-state index in [-0.39, 0.29) is 0 Å². The maximum Gasteiger partial charge on any atom is 0.0567 e. The van der Waals surface area contributed by atoms with Crippen molar-refractivity contribution >= 4 is 0 Å². The van der Waals surface area contributed by atoms with Gasteiger partial charge < -0.3 is 5.32 Å². The summed E-state index contributed by atoms with van der Waals surface area (Å²) < 4.78 is 0. The molecule has 9 heavy (non-hydrogen) atoms. The van der Waals surface area contributed by atoms with E-state index in [0.717, 1.165) is 0 Å². The molecule has 1 unspecified atom stereocenters. The minimum Gasteiger partial charge on any atom is -0.302 e. The Morgan fingerprint density at radius 3 is 2.89 bits per heavy atom. The van der Waals surface area contributed by atoms with Crippen LogP contribution in [0.4, 0.5) is 0 Å². The zero-order chi connectivity index (χ0) is 6.69. The Morgan fingerprint density at radius 2 is 2.44 bits per heavy atom. The molecule has 1 fully saturated rings. The Balaban J connectivity index is 2.30. The second-order valence-corrected chi connectivity index (χ2v) is 2.61. The molecule has 1 saturated heterocycles. The van der Waals surface area contributed by atoms with Gasteiger partial charge in [0.2, 0.25) is 0 Å².